The van der Waals surface area contributed by atoms with Gasteiger partial charge < -0.3 is 4.90 Å². The number of carbonyl (C=O) groups excluding carboxylic acids is 1. The van der Waals surface area contributed by atoms with Gasteiger partial charge in [-0.15, -0.1) is 0 Å². The average molecular weight is 191 g/mol. The lowest BCUT2D eigenvalue weighted by molar-refractivity contribution is -0.133. The zero-order valence-corrected chi connectivity index (χ0v) is 8.48. The summed E-state index contributed by atoms with van der Waals surface area (Å²) in [6, 6.07) is 0. The molecule has 1 amide bonds. The molecule has 1 heterocycles. The van der Waals surface area contributed by atoms with E-state index in [1.807, 2.05) is 4.90 Å². The van der Waals surface area contributed by atoms with E-state index in [9.17, 15) is 4.79 Å². The molecule has 0 fully saturated rings. The number of hydrogen-bond acceptors (Lipinski definition) is 1. The first kappa shape index (κ1) is 9.50. The molecule has 2 aliphatic rings. The van der Waals surface area contributed by atoms with Crippen molar-refractivity contribution in [1.82, 2.24) is 4.90 Å². The molecule has 0 aromatic rings. The van der Waals surface area contributed by atoms with Crippen LogP contribution in [0.4, 0.5) is 0 Å². The molecule has 1 aliphatic heterocycles. The van der Waals surface area contributed by atoms with Crippen molar-refractivity contribution >= 4 is 5.91 Å². The SMILES string of the molecule is O=C(C1C=CCCC1)N1CC=CCC1. The van der Waals surface area contributed by atoms with Crippen LogP contribution < -0.4 is 0 Å². The Kier molecular flexibility index (Phi) is 3.02. The van der Waals surface area contributed by atoms with Crippen LogP contribution in [0.2, 0.25) is 0 Å². The van der Waals surface area contributed by atoms with Crippen LogP contribution >= 0.6 is 0 Å². The molecule has 2 nitrogen and oxygen atoms in total. The van der Waals surface area contributed by atoms with E-state index in [4.69, 9.17) is 0 Å². The van der Waals surface area contributed by atoms with E-state index in [0.29, 0.717) is 5.91 Å². The zero-order valence-electron chi connectivity index (χ0n) is 8.48. The minimum atomic E-state index is 0.162. The van der Waals surface area contributed by atoms with E-state index in [2.05, 4.69) is 24.3 Å². The highest BCUT2D eigenvalue weighted by Crippen LogP contribution is 2.20. The summed E-state index contributed by atoms with van der Waals surface area (Å²) in [5.41, 5.74) is 0. The molecule has 0 bridgehead atoms. The topological polar surface area (TPSA) is 20.3 Å². The average Bonchev–Trinajstić information content (AvgIpc) is 2.30. The summed E-state index contributed by atoms with van der Waals surface area (Å²) in [6.45, 7) is 1.71. The van der Waals surface area contributed by atoms with Gasteiger partial charge in [0.15, 0.2) is 0 Å². The Hall–Kier alpha value is -1.05. The molecule has 0 spiro atoms. The molecule has 76 valence electrons. The van der Waals surface area contributed by atoms with Crippen molar-refractivity contribution in [3.05, 3.63) is 24.3 Å². The van der Waals surface area contributed by atoms with E-state index in [1.54, 1.807) is 0 Å². The first-order valence-corrected chi connectivity index (χ1v) is 5.48. The maximum Gasteiger partial charge on any atom is 0.229 e. The molecule has 0 N–H and O–H groups in total. The van der Waals surface area contributed by atoms with E-state index in [1.165, 1.54) is 0 Å². The van der Waals surface area contributed by atoms with Crippen LogP contribution in [-0.2, 0) is 4.79 Å². The van der Waals surface area contributed by atoms with Crippen molar-refractivity contribution in [2.24, 2.45) is 5.92 Å². The van der Waals surface area contributed by atoms with Gasteiger partial charge in [-0.05, 0) is 25.7 Å². The maximum absolute atomic E-state index is 12.0. The molecule has 1 atom stereocenters. The van der Waals surface area contributed by atoms with Crippen LogP contribution in [-0.4, -0.2) is 23.9 Å². The predicted molar refractivity (Wildman–Crippen MR) is 56.8 cm³/mol. The molecule has 0 aromatic carbocycles. The molecular weight excluding hydrogens is 174 g/mol. The molecule has 14 heavy (non-hydrogen) atoms. The van der Waals surface area contributed by atoms with Crippen molar-refractivity contribution in [2.75, 3.05) is 13.1 Å². The summed E-state index contributed by atoms with van der Waals surface area (Å²) in [5.74, 6) is 0.487. The van der Waals surface area contributed by atoms with Gasteiger partial charge in [0.1, 0.15) is 0 Å². The molecule has 0 aromatic heterocycles. The lowest BCUT2D eigenvalue weighted by atomic mass is 9.94. The van der Waals surface area contributed by atoms with Gasteiger partial charge in [-0.3, -0.25) is 4.79 Å². The van der Waals surface area contributed by atoms with Gasteiger partial charge in [0.2, 0.25) is 5.91 Å². The first-order valence-electron chi connectivity index (χ1n) is 5.48. The van der Waals surface area contributed by atoms with Gasteiger partial charge in [0, 0.05) is 13.1 Å². The molecular formula is C12H17NO. The van der Waals surface area contributed by atoms with Crippen molar-refractivity contribution in [2.45, 2.75) is 25.7 Å². The third-order valence-corrected chi connectivity index (χ3v) is 2.94. The van der Waals surface area contributed by atoms with Crippen molar-refractivity contribution in [3.8, 4) is 0 Å². The molecule has 2 rings (SSSR count). The van der Waals surface area contributed by atoms with Crippen LogP contribution in [0.5, 0.6) is 0 Å². The number of hydrogen-bond donors (Lipinski definition) is 0. The van der Waals surface area contributed by atoms with Gasteiger partial charge in [0.25, 0.3) is 0 Å². The number of nitrogens with zero attached hydrogens (tertiary/aromatic N) is 1. The Labute approximate surface area is 85.3 Å². The van der Waals surface area contributed by atoms with E-state index >= 15 is 0 Å². The lowest BCUT2D eigenvalue weighted by Gasteiger charge is -2.27. The summed E-state index contributed by atoms with van der Waals surface area (Å²) in [6.07, 6.45) is 12.8. The standard InChI is InChI=1S/C12H17NO/c14-12(11-7-3-1-4-8-11)13-9-5-2-6-10-13/h2-3,5,7,11H,1,4,6,8-10H2. The highest BCUT2D eigenvalue weighted by molar-refractivity contribution is 5.81. The Morgan fingerprint density at radius 3 is 2.79 bits per heavy atom. The summed E-state index contributed by atoms with van der Waals surface area (Å²) in [5, 5.41) is 0. The third kappa shape index (κ3) is 2.06. The molecule has 1 unspecified atom stereocenters. The Bertz CT molecular complexity index is 267. The zero-order chi connectivity index (χ0) is 9.80. The van der Waals surface area contributed by atoms with E-state index in [-0.39, 0.29) is 5.92 Å². The van der Waals surface area contributed by atoms with Crippen LogP contribution in [0.1, 0.15) is 25.7 Å². The predicted octanol–water partition coefficient (Wildman–Crippen LogP) is 2.13. The first-order chi connectivity index (χ1) is 6.88. The van der Waals surface area contributed by atoms with Gasteiger partial charge in [-0.1, -0.05) is 24.3 Å². The third-order valence-electron chi connectivity index (χ3n) is 2.94. The van der Waals surface area contributed by atoms with Crippen LogP contribution in [0.3, 0.4) is 0 Å². The fourth-order valence-electron chi connectivity index (χ4n) is 2.09. The Balaban J connectivity index is 1.96. The molecule has 1 aliphatic carbocycles. The van der Waals surface area contributed by atoms with Crippen molar-refractivity contribution in [3.63, 3.8) is 0 Å². The fraction of sp³-hybridized carbons (Fsp3) is 0.583. The van der Waals surface area contributed by atoms with Crippen molar-refractivity contribution in [1.29, 1.82) is 0 Å². The van der Waals surface area contributed by atoms with Crippen molar-refractivity contribution < 1.29 is 4.79 Å². The minimum absolute atomic E-state index is 0.162. The van der Waals surface area contributed by atoms with Gasteiger partial charge in [-0.25, -0.2) is 0 Å². The second kappa shape index (κ2) is 4.45. The minimum Gasteiger partial charge on any atom is -0.338 e. The van der Waals surface area contributed by atoms with Gasteiger partial charge in [-0.2, -0.15) is 0 Å². The Morgan fingerprint density at radius 1 is 1.21 bits per heavy atom. The summed E-state index contributed by atoms with van der Waals surface area (Å²) < 4.78 is 0. The smallest absolute Gasteiger partial charge is 0.229 e. The molecule has 2 heteroatoms. The maximum atomic E-state index is 12.0. The normalized spacial score (nSPS) is 26.6. The summed E-state index contributed by atoms with van der Waals surface area (Å²) >= 11 is 0. The highest BCUT2D eigenvalue weighted by atomic mass is 16.2. The number of rotatable bonds is 1. The second-order valence-electron chi connectivity index (χ2n) is 4.01. The van der Waals surface area contributed by atoms with Crippen LogP contribution in [0, 0.1) is 5.92 Å². The van der Waals surface area contributed by atoms with Gasteiger partial charge >= 0.3 is 0 Å². The van der Waals surface area contributed by atoms with Crippen LogP contribution in [0.15, 0.2) is 24.3 Å². The summed E-state index contributed by atoms with van der Waals surface area (Å²) in [4.78, 5) is 14.0. The van der Waals surface area contributed by atoms with E-state index in [0.717, 1.165) is 38.8 Å². The Morgan fingerprint density at radius 2 is 2.14 bits per heavy atom. The molecule has 0 radical (unpaired) electrons. The summed E-state index contributed by atoms with van der Waals surface area (Å²) in [7, 11) is 0. The van der Waals surface area contributed by atoms with Crippen LogP contribution in [0.25, 0.3) is 0 Å². The quantitative estimate of drug-likeness (QED) is 0.581. The largest absolute Gasteiger partial charge is 0.338 e. The van der Waals surface area contributed by atoms with E-state index < -0.39 is 0 Å². The second-order valence-corrected chi connectivity index (χ2v) is 4.01. The monoisotopic (exact) mass is 191 g/mol. The molecule has 0 saturated heterocycles. The molecule has 0 saturated carbocycles. The fourth-order valence-corrected chi connectivity index (χ4v) is 2.09. The van der Waals surface area contributed by atoms with Gasteiger partial charge in [0.05, 0.1) is 5.92 Å². The number of amides is 1. The highest BCUT2D eigenvalue weighted by Gasteiger charge is 2.22. The number of carbonyl (C=O) groups is 1. The lowest BCUT2D eigenvalue weighted by Crippen LogP contribution is -2.38. The number of allylic oxidation sites excluding steroid dienone is 1.